The van der Waals surface area contributed by atoms with Crippen molar-refractivity contribution in [2.75, 3.05) is 25.9 Å². The van der Waals surface area contributed by atoms with Crippen LogP contribution in [0.4, 0.5) is 0 Å². The fourth-order valence-electron chi connectivity index (χ4n) is 3.77. The lowest BCUT2D eigenvalue weighted by Gasteiger charge is -2.32. The van der Waals surface area contributed by atoms with Gasteiger partial charge in [0.1, 0.15) is 0 Å². The molecule has 1 aliphatic heterocycles. The van der Waals surface area contributed by atoms with Crippen LogP contribution >= 0.6 is 0 Å². The first kappa shape index (κ1) is 22.3. The number of guanidine groups is 1. The summed E-state index contributed by atoms with van der Waals surface area (Å²) in [5.41, 5.74) is 4.25. The Kier molecular flexibility index (Phi) is 7.14. The molecule has 2 heterocycles. The summed E-state index contributed by atoms with van der Waals surface area (Å²) in [4.78, 5) is 4.35. The molecule has 3 rings (SSSR count). The van der Waals surface area contributed by atoms with Crippen molar-refractivity contribution < 1.29 is 8.42 Å². The van der Waals surface area contributed by atoms with Gasteiger partial charge in [-0.05, 0) is 51.3 Å². The average Bonchev–Trinajstić information content (AvgIpc) is 3.09. The van der Waals surface area contributed by atoms with E-state index in [2.05, 4.69) is 45.8 Å². The third-order valence-electron chi connectivity index (χ3n) is 5.45. The van der Waals surface area contributed by atoms with Crippen molar-refractivity contribution in [1.29, 1.82) is 0 Å². The lowest BCUT2D eigenvalue weighted by molar-refractivity contribution is 0.306. The molecule has 30 heavy (non-hydrogen) atoms. The van der Waals surface area contributed by atoms with Gasteiger partial charge in [-0.2, -0.15) is 5.10 Å². The minimum absolute atomic E-state index is 0.156. The van der Waals surface area contributed by atoms with Gasteiger partial charge >= 0.3 is 0 Å². The second kappa shape index (κ2) is 9.61. The number of aromatic nitrogens is 2. The summed E-state index contributed by atoms with van der Waals surface area (Å²) in [6, 6.07) is 10.4. The summed E-state index contributed by atoms with van der Waals surface area (Å²) in [6.07, 6.45) is 1.53. The molecule has 1 aliphatic rings. The molecule has 1 aromatic carbocycles. The number of sulfonamides is 1. The molecular formula is C21H32N6O2S. The van der Waals surface area contributed by atoms with E-state index in [0.29, 0.717) is 19.6 Å². The van der Waals surface area contributed by atoms with E-state index in [9.17, 15) is 8.42 Å². The Hall–Kier alpha value is -2.39. The molecule has 0 atom stereocenters. The van der Waals surface area contributed by atoms with Gasteiger partial charge in [0, 0.05) is 38.4 Å². The van der Waals surface area contributed by atoms with Crippen molar-refractivity contribution in [2.45, 2.75) is 46.2 Å². The average molecular weight is 433 g/mol. The normalized spacial score (nSPS) is 16.6. The lowest BCUT2D eigenvalue weighted by Crippen LogP contribution is -2.49. The van der Waals surface area contributed by atoms with Gasteiger partial charge in [0.25, 0.3) is 0 Å². The zero-order chi connectivity index (χ0) is 21.7. The van der Waals surface area contributed by atoms with Crippen LogP contribution in [0.2, 0.25) is 0 Å². The third kappa shape index (κ3) is 5.20. The molecule has 0 aliphatic carbocycles. The van der Waals surface area contributed by atoms with Gasteiger partial charge in [0.2, 0.25) is 10.0 Å². The molecule has 2 N–H and O–H groups in total. The number of aliphatic imine (C=N–C) groups is 1. The Morgan fingerprint density at radius 2 is 1.93 bits per heavy atom. The summed E-state index contributed by atoms with van der Waals surface area (Å²) in [5, 5.41) is 11.4. The first-order chi connectivity index (χ1) is 14.3. The number of nitrogens with one attached hydrogen (secondary N) is 2. The number of hydrogen-bond donors (Lipinski definition) is 2. The van der Waals surface area contributed by atoms with Crippen LogP contribution in [-0.4, -0.2) is 60.4 Å². The summed E-state index contributed by atoms with van der Waals surface area (Å²) in [7, 11) is -1.36. The zero-order valence-electron chi connectivity index (χ0n) is 18.2. The number of para-hydroxylation sites is 1. The number of rotatable bonds is 6. The Bertz CT molecular complexity index is 991. The fraction of sp³-hybridized carbons (Fsp3) is 0.524. The molecule has 1 aromatic heterocycles. The van der Waals surface area contributed by atoms with E-state index < -0.39 is 10.0 Å². The summed E-state index contributed by atoms with van der Waals surface area (Å²) < 4.78 is 27.6. The topological polar surface area (TPSA) is 91.6 Å². The third-order valence-corrected chi connectivity index (χ3v) is 7.33. The molecule has 8 nitrogen and oxygen atoms in total. The lowest BCUT2D eigenvalue weighted by atomic mass is 10.1. The Morgan fingerprint density at radius 3 is 2.53 bits per heavy atom. The highest BCUT2D eigenvalue weighted by molar-refractivity contribution is 7.89. The highest BCUT2D eigenvalue weighted by Gasteiger charge is 2.27. The number of hydrogen-bond acceptors (Lipinski definition) is 4. The largest absolute Gasteiger partial charge is 0.354 e. The molecule has 0 spiro atoms. The molecule has 0 bridgehead atoms. The standard InChI is InChI=1S/C21H32N6O2S/c1-5-30(28,29)26-12-10-19(11-13-26)24-21(22-4)23-15-18-8-6-7-9-20(18)27-17(3)14-16(2)25-27/h6-9,14,19H,5,10-13,15H2,1-4H3,(H2,22,23,24). The maximum absolute atomic E-state index is 12.0. The van der Waals surface area contributed by atoms with Crippen molar-refractivity contribution in [3.05, 3.63) is 47.3 Å². The molecule has 9 heteroatoms. The van der Waals surface area contributed by atoms with Gasteiger partial charge < -0.3 is 10.6 Å². The van der Waals surface area contributed by atoms with Crippen LogP contribution in [0, 0.1) is 13.8 Å². The van der Waals surface area contributed by atoms with E-state index in [0.717, 1.165) is 41.4 Å². The maximum atomic E-state index is 12.0. The summed E-state index contributed by atoms with van der Waals surface area (Å²) >= 11 is 0. The summed E-state index contributed by atoms with van der Waals surface area (Å²) in [6.45, 7) is 7.44. The highest BCUT2D eigenvalue weighted by Crippen LogP contribution is 2.17. The van der Waals surface area contributed by atoms with Crippen LogP contribution in [0.25, 0.3) is 5.69 Å². The predicted molar refractivity (Wildman–Crippen MR) is 120 cm³/mol. The first-order valence-corrected chi connectivity index (χ1v) is 12.0. The van der Waals surface area contributed by atoms with Crippen LogP contribution in [0.15, 0.2) is 35.3 Å². The van der Waals surface area contributed by atoms with Crippen LogP contribution in [0.3, 0.4) is 0 Å². The SMILES string of the molecule is CCS(=O)(=O)N1CCC(NC(=NC)NCc2ccccc2-n2nc(C)cc2C)CC1. The van der Waals surface area contributed by atoms with Crippen LogP contribution in [0.5, 0.6) is 0 Å². The van der Waals surface area contributed by atoms with Crippen molar-refractivity contribution in [3.63, 3.8) is 0 Å². The van der Waals surface area contributed by atoms with Gasteiger partial charge in [-0.25, -0.2) is 17.4 Å². The van der Waals surface area contributed by atoms with E-state index >= 15 is 0 Å². The zero-order valence-corrected chi connectivity index (χ0v) is 19.0. The highest BCUT2D eigenvalue weighted by atomic mass is 32.2. The van der Waals surface area contributed by atoms with E-state index in [-0.39, 0.29) is 11.8 Å². The number of benzene rings is 1. The molecule has 1 saturated heterocycles. The molecule has 0 radical (unpaired) electrons. The van der Waals surface area contributed by atoms with E-state index in [1.54, 1.807) is 18.3 Å². The molecule has 0 saturated carbocycles. The smallest absolute Gasteiger partial charge is 0.213 e. The Balaban J connectivity index is 1.60. The van der Waals surface area contributed by atoms with E-state index in [1.807, 2.05) is 23.7 Å². The second-order valence-corrected chi connectivity index (χ2v) is 9.87. The molecule has 0 unspecified atom stereocenters. The van der Waals surface area contributed by atoms with Crippen molar-refractivity contribution in [1.82, 2.24) is 24.7 Å². The monoisotopic (exact) mass is 432 g/mol. The van der Waals surface area contributed by atoms with Crippen LogP contribution in [0.1, 0.15) is 36.7 Å². The van der Waals surface area contributed by atoms with Gasteiger partial charge in [-0.1, -0.05) is 18.2 Å². The number of nitrogens with zero attached hydrogens (tertiary/aromatic N) is 4. The minimum atomic E-state index is -3.11. The number of aryl methyl sites for hydroxylation is 2. The van der Waals surface area contributed by atoms with Crippen molar-refractivity contribution in [2.24, 2.45) is 4.99 Å². The Morgan fingerprint density at radius 1 is 1.23 bits per heavy atom. The van der Waals surface area contributed by atoms with Crippen LogP contribution < -0.4 is 10.6 Å². The van der Waals surface area contributed by atoms with Gasteiger partial charge in [0.15, 0.2) is 5.96 Å². The summed E-state index contributed by atoms with van der Waals surface area (Å²) in [5.74, 6) is 0.873. The second-order valence-electron chi connectivity index (χ2n) is 7.61. The van der Waals surface area contributed by atoms with Crippen molar-refractivity contribution >= 4 is 16.0 Å². The molecule has 164 valence electrons. The maximum Gasteiger partial charge on any atom is 0.213 e. The molecule has 2 aromatic rings. The quantitative estimate of drug-likeness (QED) is 0.538. The number of piperidine rings is 1. The molecule has 0 amide bonds. The van der Waals surface area contributed by atoms with E-state index in [1.165, 1.54) is 0 Å². The Labute approximate surface area is 179 Å². The molecular weight excluding hydrogens is 400 g/mol. The first-order valence-electron chi connectivity index (χ1n) is 10.4. The fourth-order valence-corrected chi connectivity index (χ4v) is 4.90. The molecule has 1 fully saturated rings. The van der Waals surface area contributed by atoms with Gasteiger partial charge in [-0.3, -0.25) is 4.99 Å². The minimum Gasteiger partial charge on any atom is -0.354 e. The van der Waals surface area contributed by atoms with Gasteiger partial charge in [-0.15, -0.1) is 0 Å². The van der Waals surface area contributed by atoms with Crippen LogP contribution in [-0.2, 0) is 16.6 Å². The van der Waals surface area contributed by atoms with E-state index in [4.69, 9.17) is 0 Å². The predicted octanol–water partition coefficient (Wildman–Crippen LogP) is 1.97. The van der Waals surface area contributed by atoms with Crippen molar-refractivity contribution in [3.8, 4) is 5.69 Å². The van der Waals surface area contributed by atoms with Gasteiger partial charge in [0.05, 0.1) is 17.1 Å².